The van der Waals surface area contributed by atoms with Crippen LogP contribution in [0.25, 0.3) is 0 Å². The summed E-state index contributed by atoms with van der Waals surface area (Å²) in [7, 11) is 0. The SMILES string of the molecule is CCCC(C)(C)Nc1nccn(C(C)(C)C)c1=O. The van der Waals surface area contributed by atoms with Crippen molar-refractivity contribution in [2.45, 2.75) is 65.5 Å². The fourth-order valence-electron chi connectivity index (χ4n) is 2.03. The van der Waals surface area contributed by atoms with Gasteiger partial charge in [-0.2, -0.15) is 0 Å². The van der Waals surface area contributed by atoms with Crippen molar-refractivity contribution in [3.63, 3.8) is 0 Å². The second kappa shape index (κ2) is 5.12. The molecule has 0 saturated heterocycles. The molecule has 0 atom stereocenters. The third kappa shape index (κ3) is 3.59. The first kappa shape index (κ1) is 14.7. The molecule has 102 valence electrons. The van der Waals surface area contributed by atoms with Crippen LogP contribution in [0.3, 0.4) is 0 Å². The summed E-state index contributed by atoms with van der Waals surface area (Å²) < 4.78 is 1.71. The van der Waals surface area contributed by atoms with Gasteiger partial charge in [0, 0.05) is 23.5 Å². The van der Waals surface area contributed by atoms with Crippen molar-refractivity contribution in [1.82, 2.24) is 9.55 Å². The van der Waals surface area contributed by atoms with Gasteiger partial charge in [0.2, 0.25) is 0 Å². The summed E-state index contributed by atoms with van der Waals surface area (Å²) in [6, 6.07) is 0. The molecule has 0 bridgehead atoms. The van der Waals surface area contributed by atoms with Crippen LogP contribution in [-0.2, 0) is 5.54 Å². The Morgan fingerprint density at radius 1 is 1.28 bits per heavy atom. The van der Waals surface area contributed by atoms with E-state index in [1.165, 1.54) is 0 Å². The van der Waals surface area contributed by atoms with E-state index in [0.29, 0.717) is 5.82 Å². The van der Waals surface area contributed by atoms with E-state index in [4.69, 9.17) is 0 Å². The first-order valence-corrected chi connectivity index (χ1v) is 6.54. The zero-order valence-corrected chi connectivity index (χ0v) is 12.4. The monoisotopic (exact) mass is 251 g/mol. The number of rotatable bonds is 4. The molecule has 0 fully saturated rings. The molecule has 0 unspecified atom stereocenters. The van der Waals surface area contributed by atoms with Crippen LogP contribution < -0.4 is 10.9 Å². The Bertz CT molecular complexity index is 455. The van der Waals surface area contributed by atoms with E-state index >= 15 is 0 Å². The van der Waals surface area contributed by atoms with Crippen LogP contribution in [0.5, 0.6) is 0 Å². The molecule has 4 nitrogen and oxygen atoms in total. The average Bonchev–Trinajstić information content (AvgIpc) is 2.18. The quantitative estimate of drug-likeness (QED) is 0.895. The van der Waals surface area contributed by atoms with Crippen molar-refractivity contribution in [1.29, 1.82) is 0 Å². The minimum atomic E-state index is -0.231. The van der Waals surface area contributed by atoms with Crippen molar-refractivity contribution in [2.24, 2.45) is 0 Å². The van der Waals surface area contributed by atoms with Crippen molar-refractivity contribution in [2.75, 3.05) is 5.32 Å². The molecule has 0 spiro atoms. The van der Waals surface area contributed by atoms with Gasteiger partial charge in [0.1, 0.15) is 0 Å². The van der Waals surface area contributed by atoms with Crippen LogP contribution in [-0.4, -0.2) is 15.1 Å². The fourth-order valence-corrected chi connectivity index (χ4v) is 2.03. The molecule has 1 heterocycles. The van der Waals surface area contributed by atoms with E-state index in [1.807, 2.05) is 20.8 Å². The predicted octanol–water partition coefficient (Wildman–Crippen LogP) is 2.99. The number of nitrogens with one attached hydrogen (secondary N) is 1. The number of hydrogen-bond donors (Lipinski definition) is 1. The lowest BCUT2D eigenvalue weighted by Crippen LogP contribution is -2.39. The lowest BCUT2D eigenvalue weighted by Gasteiger charge is -2.28. The highest BCUT2D eigenvalue weighted by atomic mass is 16.1. The molecule has 0 aliphatic carbocycles. The molecule has 0 aromatic carbocycles. The summed E-state index contributed by atoms with van der Waals surface area (Å²) in [6.45, 7) is 12.3. The van der Waals surface area contributed by atoms with Gasteiger partial charge in [0.15, 0.2) is 5.82 Å². The Kier molecular flexibility index (Phi) is 4.20. The Hall–Kier alpha value is -1.32. The van der Waals surface area contributed by atoms with E-state index in [1.54, 1.807) is 17.0 Å². The van der Waals surface area contributed by atoms with Gasteiger partial charge in [-0.05, 0) is 41.0 Å². The summed E-state index contributed by atoms with van der Waals surface area (Å²) in [4.78, 5) is 16.5. The van der Waals surface area contributed by atoms with E-state index < -0.39 is 0 Å². The van der Waals surface area contributed by atoms with Crippen molar-refractivity contribution in [3.8, 4) is 0 Å². The van der Waals surface area contributed by atoms with Crippen LogP contribution in [0, 0.1) is 0 Å². The zero-order chi connectivity index (χ0) is 14.0. The standard InChI is InChI=1S/C14H25N3O/c1-7-8-14(5,6)16-11-12(18)17(10-9-15-11)13(2,3)4/h9-10H,7-8H2,1-6H3,(H,15,16). The van der Waals surface area contributed by atoms with E-state index in [2.05, 4.69) is 31.1 Å². The summed E-state index contributed by atoms with van der Waals surface area (Å²) in [5.41, 5.74) is -0.405. The van der Waals surface area contributed by atoms with Gasteiger partial charge < -0.3 is 9.88 Å². The first-order valence-electron chi connectivity index (χ1n) is 6.54. The third-order valence-electron chi connectivity index (χ3n) is 2.90. The minimum Gasteiger partial charge on any atom is -0.361 e. The van der Waals surface area contributed by atoms with Gasteiger partial charge in [-0.15, -0.1) is 0 Å². The van der Waals surface area contributed by atoms with Gasteiger partial charge in [-0.25, -0.2) is 4.98 Å². The number of hydrogen-bond acceptors (Lipinski definition) is 3. The largest absolute Gasteiger partial charge is 0.361 e. The molecule has 18 heavy (non-hydrogen) atoms. The van der Waals surface area contributed by atoms with E-state index in [9.17, 15) is 4.79 Å². The molecule has 0 radical (unpaired) electrons. The normalized spacial score (nSPS) is 12.6. The summed E-state index contributed by atoms with van der Waals surface area (Å²) in [6.07, 6.45) is 5.48. The second-order valence-electron chi connectivity index (χ2n) is 6.38. The minimum absolute atomic E-state index is 0.0609. The number of anilines is 1. The molecule has 0 aliphatic rings. The van der Waals surface area contributed by atoms with E-state index in [-0.39, 0.29) is 16.6 Å². The molecule has 0 saturated carbocycles. The molecule has 1 aromatic rings. The van der Waals surface area contributed by atoms with Crippen molar-refractivity contribution >= 4 is 5.82 Å². The van der Waals surface area contributed by atoms with Crippen molar-refractivity contribution < 1.29 is 0 Å². The number of aromatic nitrogens is 2. The summed E-state index contributed by atoms with van der Waals surface area (Å²) in [5.74, 6) is 0.436. The Labute approximate surface area is 109 Å². The Morgan fingerprint density at radius 3 is 2.39 bits per heavy atom. The average molecular weight is 251 g/mol. The van der Waals surface area contributed by atoms with Gasteiger partial charge in [0.25, 0.3) is 5.56 Å². The lowest BCUT2D eigenvalue weighted by molar-refractivity contribution is 0.382. The molecule has 1 rings (SSSR count). The highest BCUT2D eigenvalue weighted by Crippen LogP contribution is 2.17. The Balaban J connectivity index is 3.10. The van der Waals surface area contributed by atoms with Gasteiger partial charge >= 0.3 is 0 Å². The molecule has 1 aromatic heterocycles. The molecule has 0 amide bonds. The summed E-state index contributed by atoms with van der Waals surface area (Å²) >= 11 is 0. The van der Waals surface area contributed by atoms with E-state index in [0.717, 1.165) is 12.8 Å². The van der Waals surface area contributed by atoms with Gasteiger partial charge in [-0.3, -0.25) is 4.79 Å². The van der Waals surface area contributed by atoms with Crippen LogP contribution in [0.1, 0.15) is 54.4 Å². The fraction of sp³-hybridized carbons (Fsp3) is 0.714. The van der Waals surface area contributed by atoms with Gasteiger partial charge in [-0.1, -0.05) is 13.3 Å². The van der Waals surface area contributed by atoms with Crippen LogP contribution in [0.4, 0.5) is 5.82 Å². The molecule has 0 aliphatic heterocycles. The van der Waals surface area contributed by atoms with Crippen LogP contribution in [0.15, 0.2) is 17.2 Å². The predicted molar refractivity (Wildman–Crippen MR) is 76.1 cm³/mol. The highest BCUT2D eigenvalue weighted by Gasteiger charge is 2.21. The van der Waals surface area contributed by atoms with Crippen LogP contribution in [0.2, 0.25) is 0 Å². The summed E-state index contributed by atoms with van der Waals surface area (Å²) in [5, 5.41) is 3.26. The number of nitrogens with zero attached hydrogens (tertiary/aromatic N) is 2. The third-order valence-corrected chi connectivity index (χ3v) is 2.90. The molecule has 4 heteroatoms. The maximum atomic E-state index is 12.3. The highest BCUT2D eigenvalue weighted by molar-refractivity contribution is 5.34. The van der Waals surface area contributed by atoms with Crippen molar-refractivity contribution in [3.05, 3.63) is 22.7 Å². The second-order valence-corrected chi connectivity index (χ2v) is 6.38. The lowest BCUT2D eigenvalue weighted by atomic mass is 9.99. The first-order chi connectivity index (χ1) is 8.17. The molecular weight excluding hydrogens is 226 g/mol. The Morgan fingerprint density at radius 2 is 1.89 bits per heavy atom. The maximum Gasteiger partial charge on any atom is 0.293 e. The zero-order valence-electron chi connectivity index (χ0n) is 12.4. The molecule has 1 N–H and O–H groups in total. The topological polar surface area (TPSA) is 46.9 Å². The molecular formula is C14H25N3O. The van der Waals surface area contributed by atoms with Gasteiger partial charge in [0.05, 0.1) is 0 Å². The maximum absolute atomic E-state index is 12.3. The van der Waals surface area contributed by atoms with Crippen LogP contribution >= 0.6 is 0 Å². The smallest absolute Gasteiger partial charge is 0.293 e.